The van der Waals surface area contributed by atoms with Gasteiger partial charge in [0.05, 0.1) is 6.21 Å². The number of halogens is 1. The first-order chi connectivity index (χ1) is 5.33. The lowest BCUT2D eigenvalue weighted by Gasteiger charge is -1.89. The summed E-state index contributed by atoms with van der Waals surface area (Å²) in [6, 6.07) is 6.82. The van der Waals surface area contributed by atoms with Crippen molar-refractivity contribution in [3.63, 3.8) is 0 Å². The standard InChI is InChI=1S/C8H7FNO/c1-11-10-6-7-2-4-8(9)5-3-7/h2,4-6H,1H3. The molecule has 0 aromatic heterocycles. The predicted molar refractivity (Wildman–Crippen MR) is 39.8 cm³/mol. The van der Waals surface area contributed by atoms with Crippen molar-refractivity contribution in [1.82, 2.24) is 0 Å². The summed E-state index contributed by atoms with van der Waals surface area (Å²) < 4.78 is 12.3. The molecule has 3 heteroatoms. The molecule has 0 bridgehead atoms. The molecule has 0 unspecified atom stereocenters. The Morgan fingerprint density at radius 1 is 1.64 bits per heavy atom. The van der Waals surface area contributed by atoms with Crippen LogP contribution in [-0.2, 0) is 4.84 Å². The van der Waals surface area contributed by atoms with E-state index >= 15 is 0 Å². The van der Waals surface area contributed by atoms with E-state index in [2.05, 4.69) is 16.1 Å². The first-order valence-electron chi connectivity index (χ1n) is 3.06. The van der Waals surface area contributed by atoms with Crippen molar-refractivity contribution in [2.24, 2.45) is 5.16 Å². The highest BCUT2D eigenvalue weighted by Crippen LogP contribution is 1.98. The van der Waals surface area contributed by atoms with Gasteiger partial charge in [0.1, 0.15) is 12.9 Å². The van der Waals surface area contributed by atoms with Crippen molar-refractivity contribution in [3.05, 3.63) is 35.6 Å². The third kappa shape index (κ3) is 2.37. The minimum Gasteiger partial charge on any atom is -0.399 e. The SMILES string of the molecule is CON=Cc1[c]cc(F)cc1. The zero-order valence-electron chi connectivity index (χ0n) is 6.04. The smallest absolute Gasteiger partial charge is 0.123 e. The van der Waals surface area contributed by atoms with Crippen molar-refractivity contribution in [2.45, 2.75) is 0 Å². The quantitative estimate of drug-likeness (QED) is 0.466. The topological polar surface area (TPSA) is 21.6 Å². The van der Waals surface area contributed by atoms with Crippen LogP contribution in [0.2, 0.25) is 0 Å². The average molecular weight is 152 g/mol. The lowest BCUT2D eigenvalue weighted by atomic mass is 10.2. The van der Waals surface area contributed by atoms with Crippen LogP contribution in [-0.4, -0.2) is 13.3 Å². The Bertz CT molecular complexity index is 243. The minimum atomic E-state index is -0.306. The molecule has 0 aliphatic carbocycles. The third-order valence-corrected chi connectivity index (χ3v) is 1.10. The van der Waals surface area contributed by atoms with Crippen LogP contribution in [0.5, 0.6) is 0 Å². The molecule has 57 valence electrons. The summed E-state index contributed by atoms with van der Waals surface area (Å²) in [5.41, 5.74) is 0.688. The molecular formula is C8H7FNO. The molecule has 11 heavy (non-hydrogen) atoms. The molecule has 0 saturated carbocycles. The normalized spacial score (nSPS) is 10.4. The van der Waals surface area contributed by atoms with Gasteiger partial charge in [-0.2, -0.15) is 0 Å². The number of hydrogen-bond acceptors (Lipinski definition) is 2. The fourth-order valence-corrected chi connectivity index (χ4v) is 0.608. The molecule has 0 atom stereocenters. The Kier molecular flexibility index (Phi) is 2.60. The van der Waals surface area contributed by atoms with Gasteiger partial charge in [0.2, 0.25) is 0 Å². The maximum Gasteiger partial charge on any atom is 0.123 e. The molecule has 2 nitrogen and oxygen atoms in total. The van der Waals surface area contributed by atoms with Crippen LogP contribution in [0.25, 0.3) is 0 Å². The van der Waals surface area contributed by atoms with Gasteiger partial charge in [-0.3, -0.25) is 0 Å². The lowest BCUT2D eigenvalue weighted by molar-refractivity contribution is 0.215. The van der Waals surface area contributed by atoms with Crippen LogP contribution in [0.3, 0.4) is 0 Å². The molecule has 0 heterocycles. The van der Waals surface area contributed by atoms with Gasteiger partial charge in [-0.25, -0.2) is 4.39 Å². The van der Waals surface area contributed by atoms with E-state index in [0.29, 0.717) is 5.56 Å². The van der Waals surface area contributed by atoms with E-state index in [4.69, 9.17) is 0 Å². The Hall–Kier alpha value is -1.38. The van der Waals surface area contributed by atoms with Gasteiger partial charge < -0.3 is 4.84 Å². The fraction of sp³-hybridized carbons (Fsp3) is 0.125. The number of rotatable bonds is 2. The van der Waals surface area contributed by atoms with E-state index in [1.165, 1.54) is 25.5 Å². The Labute approximate surface area is 64.3 Å². The Morgan fingerprint density at radius 2 is 2.45 bits per heavy atom. The van der Waals surface area contributed by atoms with E-state index in [1.54, 1.807) is 6.07 Å². The Balaban J connectivity index is 2.73. The molecule has 0 N–H and O–H groups in total. The first kappa shape index (κ1) is 7.72. The fourth-order valence-electron chi connectivity index (χ4n) is 0.608. The van der Waals surface area contributed by atoms with Crippen LogP contribution in [0.4, 0.5) is 4.39 Å². The summed E-state index contributed by atoms with van der Waals surface area (Å²) >= 11 is 0. The van der Waals surface area contributed by atoms with E-state index in [0.717, 1.165) is 0 Å². The molecule has 1 aromatic rings. The molecule has 1 aromatic carbocycles. The van der Waals surface area contributed by atoms with Gasteiger partial charge in [0.15, 0.2) is 0 Å². The van der Waals surface area contributed by atoms with Crippen molar-refractivity contribution < 1.29 is 9.23 Å². The highest BCUT2D eigenvalue weighted by molar-refractivity contribution is 5.78. The van der Waals surface area contributed by atoms with Crippen LogP contribution in [0.15, 0.2) is 23.4 Å². The minimum absolute atomic E-state index is 0.306. The lowest BCUT2D eigenvalue weighted by Crippen LogP contribution is -1.82. The first-order valence-corrected chi connectivity index (χ1v) is 3.06. The molecule has 0 saturated heterocycles. The number of oxime groups is 1. The average Bonchev–Trinajstić information content (AvgIpc) is 2.04. The Morgan fingerprint density at radius 3 is 3.00 bits per heavy atom. The predicted octanol–water partition coefficient (Wildman–Crippen LogP) is 1.61. The molecule has 0 aliphatic rings. The van der Waals surface area contributed by atoms with E-state index in [9.17, 15) is 4.39 Å². The molecular weight excluding hydrogens is 145 g/mol. The summed E-state index contributed by atoms with van der Waals surface area (Å²) in [6.45, 7) is 0. The van der Waals surface area contributed by atoms with Gasteiger partial charge in [0.25, 0.3) is 0 Å². The summed E-state index contributed by atoms with van der Waals surface area (Å²) in [6.07, 6.45) is 1.46. The van der Waals surface area contributed by atoms with Crippen LogP contribution in [0, 0.1) is 11.9 Å². The van der Waals surface area contributed by atoms with Crippen LogP contribution in [0.1, 0.15) is 5.56 Å². The third-order valence-electron chi connectivity index (χ3n) is 1.10. The van der Waals surface area contributed by atoms with Gasteiger partial charge in [-0.05, 0) is 24.3 Å². The molecule has 0 aliphatic heterocycles. The number of benzene rings is 1. The van der Waals surface area contributed by atoms with E-state index in [1.807, 2.05) is 0 Å². The zero-order chi connectivity index (χ0) is 8.10. The monoisotopic (exact) mass is 152 g/mol. The maximum absolute atomic E-state index is 12.3. The molecule has 1 rings (SSSR count). The largest absolute Gasteiger partial charge is 0.399 e. The van der Waals surface area contributed by atoms with Gasteiger partial charge in [-0.15, -0.1) is 0 Å². The molecule has 1 radical (unpaired) electrons. The summed E-state index contributed by atoms with van der Waals surface area (Å²) in [5, 5.41) is 3.49. The number of hydrogen-bond donors (Lipinski definition) is 0. The molecule has 0 fully saturated rings. The maximum atomic E-state index is 12.3. The van der Waals surface area contributed by atoms with Gasteiger partial charge in [0, 0.05) is 5.56 Å². The van der Waals surface area contributed by atoms with Crippen LogP contribution >= 0.6 is 0 Å². The van der Waals surface area contributed by atoms with Crippen molar-refractivity contribution in [1.29, 1.82) is 0 Å². The van der Waals surface area contributed by atoms with E-state index in [-0.39, 0.29) is 5.82 Å². The van der Waals surface area contributed by atoms with Crippen molar-refractivity contribution in [3.8, 4) is 0 Å². The van der Waals surface area contributed by atoms with Crippen molar-refractivity contribution >= 4 is 6.21 Å². The van der Waals surface area contributed by atoms with Gasteiger partial charge in [-0.1, -0.05) is 5.16 Å². The van der Waals surface area contributed by atoms with Crippen LogP contribution < -0.4 is 0 Å². The van der Waals surface area contributed by atoms with Gasteiger partial charge >= 0.3 is 0 Å². The summed E-state index contributed by atoms with van der Waals surface area (Å²) in [4.78, 5) is 4.43. The summed E-state index contributed by atoms with van der Waals surface area (Å²) in [7, 11) is 1.44. The zero-order valence-corrected chi connectivity index (χ0v) is 6.04. The number of nitrogens with zero attached hydrogens (tertiary/aromatic N) is 1. The molecule has 0 amide bonds. The second-order valence-electron chi connectivity index (χ2n) is 1.88. The highest BCUT2D eigenvalue weighted by atomic mass is 19.1. The summed E-state index contributed by atoms with van der Waals surface area (Å²) in [5.74, 6) is -0.306. The van der Waals surface area contributed by atoms with Crippen molar-refractivity contribution in [2.75, 3.05) is 7.11 Å². The molecule has 0 spiro atoms. The van der Waals surface area contributed by atoms with E-state index < -0.39 is 0 Å². The highest BCUT2D eigenvalue weighted by Gasteiger charge is 1.88. The second-order valence-corrected chi connectivity index (χ2v) is 1.88. The second kappa shape index (κ2) is 3.71.